The third-order valence-electron chi connectivity index (χ3n) is 5.47. The van der Waals surface area contributed by atoms with E-state index in [1.807, 2.05) is 66.7 Å². The van der Waals surface area contributed by atoms with Crippen LogP contribution in [0, 0.1) is 0 Å². The molecule has 5 rings (SSSR count). The minimum absolute atomic E-state index is 0.0569. The number of thioether (sulfide) groups is 2. The lowest BCUT2D eigenvalue weighted by Gasteiger charge is -2.09. The molecule has 0 aliphatic heterocycles. The topological polar surface area (TPSA) is 145 Å². The van der Waals surface area contributed by atoms with Crippen molar-refractivity contribution in [1.29, 1.82) is 0 Å². The number of carbonyl (C=O) groups is 1. The second kappa shape index (κ2) is 15.3. The molecule has 220 valence electrons. The zero-order chi connectivity index (χ0) is 30.0. The summed E-state index contributed by atoms with van der Waals surface area (Å²) in [5.41, 5.74) is 5.75. The molecule has 0 unspecified atom stereocenters. The van der Waals surface area contributed by atoms with E-state index in [1.54, 1.807) is 18.0 Å². The first-order chi connectivity index (χ1) is 20.9. The predicted octanol–water partition coefficient (Wildman–Crippen LogP) is 6.42. The number of hydrogen-bond donors (Lipinski definition) is 3. The summed E-state index contributed by atoms with van der Waals surface area (Å²) in [6, 6.07) is 23.5. The van der Waals surface area contributed by atoms with Gasteiger partial charge in [0.25, 0.3) is 5.95 Å². The summed E-state index contributed by atoms with van der Waals surface area (Å²) in [4.78, 5) is 12.5. The van der Waals surface area contributed by atoms with Crippen LogP contribution in [0.5, 0.6) is 5.75 Å². The molecule has 4 N–H and O–H groups in total. The molecule has 5 aromatic rings. The summed E-state index contributed by atoms with van der Waals surface area (Å²) in [7, 11) is 0. The van der Waals surface area contributed by atoms with Crippen molar-refractivity contribution >= 4 is 89.9 Å². The Morgan fingerprint density at radius 2 is 1.74 bits per heavy atom. The fourth-order valence-corrected chi connectivity index (χ4v) is 6.75. The first kappa shape index (κ1) is 31.0. The van der Waals surface area contributed by atoms with E-state index < -0.39 is 0 Å². The Morgan fingerprint density at radius 1 is 0.977 bits per heavy atom. The highest BCUT2D eigenvalue weighted by Crippen LogP contribution is 2.29. The van der Waals surface area contributed by atoms with Crippen molar-refractivity contribution in [2.75, 3.05) is 22.3 Å². The van der Waals surface area contributed by atoms with Crippen LogP contribution in [-0.4, -0.2) is 42.9 Å². The number of anilines is 2. The Kier molecular flexibility index (Phi) is 11.1. The summed E-state index contributed by atoms with van der Waals surface area (Å²) in [6.07, 6.45) is 1.61. The number of carbonyl (C=O) groups excluding carboxylic acids is 1. The number of ether oxygens (including phenoxy) is 1. The largest absolute Gasteiger partial charge is 0.488 e. The Bertz CT molecular complexity index is 1730. The van der Waals surface area contributed by atoms with E-state index in [0.29, 0.717) is 22.6 Å². The summed E-state index contributed by atoms with van der Waals surface area (Å²) < 4.78 is 10.0. The van der Waals surface area contributed by atoms with Gasteiger partial charge in [-0.3, -0.25) is 10.1 Å². The number of halogens is 2. The minimum Gasteiger partial charge on any atom is -0.488 e. The first-order valence-corrected chi connectivity index (χ1v) is 16.9. The van der Waals surface area contributed by atoms with Crippen LogP contribution in [0.3, 0.4) is 0 Å². The fourth-order valence-electron chi connectivity index (χ4n) is 3.49. The number of nitrogen functional groups attached to an aromatic ring is 1. The van der Waals surface area contributed by atoms with Crippen molar-refractivity contribution in [3.63, 3.8) is 0 Å². The first-order valence-electron chi connectivity index (χ1n) is 12.5. The minimum atomic E-state index is -0.264. The fraction of sp³-hybridized carbons (Fsp3) is 0.111. The number of para-hydroxylation sites is 1. The van der Waals surface area contributed by atoms with Crippen LogP contribution in [0.1, 0.15) is 16.7 Å². The van der Waals surface area contributed by atoms with Gasteiger partial charge in [-0.1, -0.05) is 103 Å². The van der Waals surface area contributed by atoms with E-state index in [-0.39, 0.29) is 17.6 Å². The summed E-state index contributed by atoms with van der Waals surface area (Å²) >= 11 is 11.0. The molecule has 0 fully saturated rings. The third-order valence-corrected chi connectivity index (χ3v) is 9.44. The van der Waals surface area contributed by atoms with Gasteiger partial charge in [-0.25, -0.2) is 10.1 Å². The number of nitrogens with two attached hydrogens (primary N) is 1. The molecule has 43 heavy (non-hydrogen) atoms. The molecule has 0 atom stereocenters. The second-order valence-electron chi connectivity index (χ2n) is 8.63. The van der Waals surface area contributed by atoms with Gasteiger partial charge in [-0.05, 0) is 47.5 Å². The summed E-state index contributed by atoms with van der Waals surface area (Å²) in [6.45, 7) is 0.411. The number of benzene rings is 3. The van der Waals surface area contributed by atoms with E-state index in [1.165, 1.54) is 16.0 Å². The maximum absolute atomic E-state index is 12.5. The van der Waals surface area contributed by atoms with Crippen molar-refractivity contribution in [3.8, 4) is 5.75 Å². The van der Waals surface area contributed by atoms with Crippen LogP contribution >= 0.6 is 66.7 Å². The molecule has 2 aromatic heterocycles. The van der Waals surface area contributed by atoms with E-state index in [4.69, 9.17) is 10.6 Å². The molecule has 0 spiro atoms. The third kappa shape index (κ3) is 9.27. The van der Waals surface area contributed by atoms with E-state index in [2.05, 4.69) is 74.2 Å². The van der Waals surface area contributed by atoms with E-state index in [9.17, 15) is 4.79 Å². The smallest absolute Gasteiger partial charge is 0.264 e. The average Bonchev–Trinajstić information content (AvgIpc) is 3.60. The van der Waals surface area contributed by atoms with Crippen LogP contribution in [0.25, 0.3) is 0 Å². The lowest BCUT2D eigenvalue weighted by atomic mass is 10.2. The van der Waals surface area contributed by atoms with Crippen molar-refractivity contribution < 1.29 is 9.53 Å². The van der Waals surface area contributed by atoms with Gasteiger partial charge in [-0.15, -0.1) is 20.4 Å². The summed E-state index contributed by atoms with van der Waals surface area (Å²) in [5, 5.41) is 24.0. The predicted molar refractivity (Wildman–Crippen MR) is 179 cm³/mol. The molecule has 0 aliphatic rings. The molecule has 0 bridgehead atoms. The Balaban J connectivity index is 1.09. The molecule has 3 aromatic carbocycles. The number of nitrogens with zero attached hydrogens (tertiary/aromatic N) is 6. The number of nitrogens with one attached hydrogen (secondary N) is 2. The number of hydrazone groups is 1. The monoisotopic (exact) mass is 759 g/mol. The van der Waals surface area contributed by atoms with Gasteiger partial charge < -0.3 is 10.6 Å². The molecule has 2 heterocycles. The number of aromatic nitrogens is 5. The van der Waals surface area contributed by atoms with Gasteiger partial charge in [0.15, 0.2) is 4.34 Å². The van der Waals surface area contributed by atoms with E-state index in [0.717, 1.165) is 47.5 Å². The molecular weight excluding hydrogens is 738 g/mol. The summed E-state index contributed by atoms with van der Waals surface area (Å²) in [5.74, 6) is 7.55. The highest BCUT2D eigenvalue weighted by Gasteiger charge is 2.14. The Morgan fingerprint density at radius 3 is 2.56 bits per heavy atom. The molecule has 11 nitrogen and oxygen atoms in total. The van der Waals surface area contributed by atoms with Crippen LogP contribution in [-0.2, 0) is 17.2 Å². The highest BCUT2D eigenvalue weighted by atomic mass is 79.9. The zero-order valence-corrected chi connectivity index (χ0v) is 27.8. The second-order valence-corrected chi connectivity index (χ2v) is 13.6. The molecule has 0 saturated carbocycles. The van der Waals surface area contributed by atoms with Crippen molar-refractivity contribution in [2.45, 2.75) is 21.9 Å². The molecule has 0 radical (unpaired) electrons. The van der Waals surface area contributed by atoms with Crippen LogP contribution in [0.15, 0.2) is 96.3 Å². The van der Waals surface area contributed by atoms with Crippen molar-refractivity contribution in [1.82, 2.24) is 25.1 Å². The Labute approximate surface area is 276 Å². The quantitative estimate of drug-likeness (QED) is 0.0405. The van der Waals surface area contributed by atoms with Gasteiger partial charge in [0.2, 0.25) is 16.2 Å². The van der Waals surface area contributed by atoms with Gasteiger partial charge in [0.1, 0.15) is 12.4 Å². The van der Waals surface area contributed by atoms with Crippen LogP contribution in [0.2, 0.25) is 0 Å². The average molecular weight is 762 g/mol. The number of amides is 1. The maximum Gasteiger partial charge on any atom is 0.264 e. The number of rotatable bonds is 13. The SMILES string of the molecule is Nn1c(N/N=C/c2ccccc2OCc2cccc(Br)c2)nnc1SCC(=O)Nc1nnc(SCc2cccc(Br)c2)s1. The van der Waals surface area contributed by atoms with Crippen molar-refractivity contribution in [3.05, 3.63) is 98.4 Å². The molecule has 16 heteroatoms. The Hall–Kier alpha value is -3.44. The van der Waals surface area contributed by atoms with E-state index >= 15 is 0 Å². The van der Waals surface area contributed by atoms with Crippen LogP contribution < -0.4 is 21.3 Å². The van der Waals surface area contributed by atoms with Gasteiger partial charge in [0, 0.05) is 20.3 Å². The number of hydrogen-bond acceptors (Lipinski definition) is 12. The molecule has 0 aliphatic carbocycles. The molecular formula is C27H23Br2N9O2S3. The van der Waals surface area contributed by atoms with Crippen LogP contribution in [0.4, 0.5) is 11.1 Å². The lowest BCUT2D eigenvalue weighted by Crippen LogP contribution is -2.16. The van der Waals surface area contributed by atoms with Gasteiger partial charge in [0.05, 0.1) is 12.0 Å². The molecule has 1 amide bonds. The van der Waals surface area contributed by atoms with Gasteiger partial charge >= 0.3 is 0 Å². The lowest BCUT2D eigenvalue weighted by molar-refractivity contribution is -0.113. The zero-order valence-electron chi connectivity index (χ0n) is 22.2. The molecule has 0 saturated heterocycles. The van der Waals surface area contributed by atoms with Crippen molar-refractivity contribution in [2.24, 2.45) is 5.10 Å². The highest BCUT2D eigenvalue weighted by molar-refractivity contribution is 9.10. The normalized spacial score (nSPS) is 11.1. The van der Waals surface area contributed by atoms with Gasteiger partial charge in [-0.2, -0.15) is 5.10 Å². The standard InChI is InChI=1S/C27H23Br2N9O2S3/c28-20-8-3-5-17(11-20)14-40-22-10-2-1-7-19(22)13-31-33-24-34-36-26(38(24)30)41-16-23(39)32-25-35-37-27(43-25)42-15-18-6-4-9-21(29)12-18/h1-13H,14-16,30H2,(H,33,34)(H,32,35,39)/b31-13+. The maximum atomic E-state index is 12.5.